The molecular weight excluding hydrogens is 309 g/mol. The fourth-order valence-electron chi connectivity index (χ4n) is 1.65. The number of aromatic nitrogens is 1. The van der Waals surface area contributed by atoms with Gasteiger partial charge >= 0.3 is 5.97 Å². The van der Waals surface area contributed by atoms with E-state index in [9.17, 15) is 18.0 Å². The highest BCUT2D eigenvalue weighted by Gasteiger charge is 2.25. The Labute approximate surface area is 122 Å². The lowest BCUT2D eigenvalue weighted by Crippen LogP contribution is -2.13. The van der Waals surface area contributed by atoms with Crippen LogP contribution in [0.1, 0.15) is 10.5 Å². The molecule has 0 atom stereocenters. The van der Waals surface area contributed by atoms with Gasteiger partial charge in [0.15, 0.2) is 17.3 Å². The summed E-state index contributed by atoms with van der Waals surface area (Å²) in [5.41, 5.74) is 2.55. The van der Waals surface area contributed by atoms with E-state index in [-0.39, 0.29) is 10.6 Å². The Morgan fingerprint density at radius 3 is 2.52 bits per heavy atom. The summed E-state index contributed by atoms with van der Waals surface area (Å²) in [6.45, 7) is 0. The van der Waals surface area contributed by atoms with E-state index < -0.39 is 40.5 Å². The number of nitrogen functional groups attached to an aromatic ring is 1. The molecule has 8 heteroatoms. The summed E-state index contributed by atoms with van der Waals surface area (Å²) < 4.78 is 45.9. The van der Waals surface area contributed by atoms with Crippen molar-refractivity contribution in [2.45, 2.75) is 0 Å². The van der Waals surface area contributed by atoms with Gasteiger partial charge in [0.25, 0.3) is 0 Å². The number of hydrogen-bond acceptors (Lipinski definition) is 4. The highest BCUT2D eigenvalue weighted by atomic mass is 35.5. The van der Waals surface area contributed by atoms with Gasteiger partial charge in [-0.3, -0.25) is 0 Å². The molecule has 1 aromatic heterocycles. The zero-order valence-electron chi connectivity index (χ0n) is 10.6. The van der Waals surface area contributed by atoms with Crippen molar-refractivity contribution in [2.24, 2.45) is 0 Å². The Hall–Kier alpha value is -2.28. The number of anilines is 1. The molecule has 0 unspecified atom stereocenters. The van der Waals surface area contributed by atoms with Gasteiger partial charge in [0.05, 0.1) is 7.11 Å². The first kappa shape index (κ1) is 15.1. The van der Waals surface area contributed by atoms with Crippen LogP contribution in [0.4, 0.5) is 18.9 Å². The molecular formula is C13H8ClF3N2O2. The topological polar surface area (TPSA) is 65.2 Å². The van der Waals surface area contributed by atoms with Crippen LogP contribution in [-0.2, 0) is 4.74 Å². The predicted molar refractivity (Wildman–Crippen MR) is 70.3 cm³/mol. The van der Waals surface area contributed by atoms with Crippen molar-refractivity contribution in [1.82, 2.24) is 4.98 Å². The van der Waals surface area contributed by atoms with Gasteiger partial charge in [0.1, 0.15) is 17.2 Å². The van der Waals surface area contributed by atoms with Gasteiger partial charge in [-0.15, -0.1) is 0 Å². The summed E-state index contributed by atoms with van der Waals surface area (Å²) in [6.07, 6.45) is 0. The summed E-state index contributed by atoms with van der Waals surface area (Å²) >= 11 is 5.59. The second-order valence-electron chi connectivity index (χ2n) is 3.97. The van der Waals surface area contributed by atoms with Gasteiger partial charge in [0, 0.05) is 10.6 Å². The van der Waals surface area contributed by atoms with E-state index in [0.29, 0.717) is 0 Å². The quantitative estimate of drug-likeness (QED) is 0.864. The average Bonchev–Trinajstić information content (AvgIpc) is 2.45. The fraction of sp³-hybridized carbons (Fsp3) is 0.0769. The smallest absolute Gasteiger partial charge is 0.359 e. The molecule has 2 aromatic rings. The third kappa shape index (κ3) is 2.64. The highest BCUT2D eigenvalue weighted by molar-refractivity contribution is 6.30. The zero-order valence-corrected chi connectivity index (χ0v) is 11.3. The van der Waals surface area contributed by atoms with Crippen molar-refractivity contribution < 1.29 is 22.7 Å². The van der Waals surface area contributed by atoms with E-state index >= 15 is 0 Å². The molecule has 0 aliphatic rings. The van der Waals surface area contributed by atoms with Crippen LogP contribution in [0.2, 0.25) is 5.02 Å². The summed E-state index contributed by atoms with van der Waals surface area (Å²) in [5.74, 6) is -4.69. The zero-order chi connectivity index (χ0) is 15.7. The number of methoxy groups -OCH3 is 1. The molecule has 0 spiro atoms. The van der Waals surface area contributed by atoms with Gasteiger partial charge in [0.2, 0.25) is 0 Å². The summed E-state index contributed by atoms with van der Waals surface area (Å²) in [7, 11) is 0.992. The van der Waals surface area contributed by atoms with Crippen LogP contribution < -0.4 is 5.73 Å². The van der Waals surface area contributed by atoms with Crippen LogP contribution in [0.5, 0.6) is 0 Å². The molecule has 1 heterocycles. The van der Waals surface area contributed by atoms with Crippen molar-refractivity contribution in [2.75, 3.05) is 12.8 Å². The van der Waals surface area contributed by atoms with Gasteiger partial charge in [-0.25, -0.2) is 22.9 Å². The molecule has 4 nitrogen and oxygen atoms in total. The minimum absolute atomic E-state index is 0.0833. The van der Waals surface area contributed by atoms with Crippen molar-refractivity contribution in [3.63, 3.8) is 0 Å². The third-order valence-corrected chi connectivity index (χ3v) is 2.91. The van der Waals surface area contributed by atoms with Crippen LogP contribution in [0.25, 0.3) is 11.3 Å². The number of nitrogens with zero attached hydrogens (tertiary/aromatic N) is 1. The first-order chi connectivity index (χ1) is 9.86. The minimum atomic E-state index is -1.36. The van der Waals surface area contributed by atoms with E-state index in [1.807, 2.05) is 0 Å². The van der Waals surface area contributed by atoms with E-state index in [1.54, 1.807) is 0 Å². The largest absolute Gasteiger partial charge is 0.464 e. The van der Waals surface area contributed by atoms with Crippen LogP contribution >= 0.6 is 11.6 Å². The minimum Gasteiger partial charge on any atom is -0.464 e. The molecule has 0 saturated carbocycles. The second-order valence-corrected chi connectivity index (χ2v) is 4.40. The Bertz CT molecular complexity index is 738. The van der Waals surface area contributed by atoms with E-state index in [1.165, 1.54) is 6.07 Å². The molecule has 110 valence electrons. The number of halogens is 4. The SMILES string of the molecule is COC(=O)c1nc(-c2ccc(Cl)cc2F)c(F)c(N)c1F. The Balaban J connectivity index is 2.74. The van der Waals surface area contributed by atoms with Gasteiger partial charge in [-0.2, -0.15) is 0 Å². The molecule has 0 saturated heterocycles. The standard InChI is InChI=1S/C13H8ClF3N2O2/c1-21-13(20)12-9(17)10(18)8(16)11(19-12)6-3-2-5(14)4-7(6)15/h2-4H,1H3,(H2,18,19). The first-order valence-corrected chi connectivity index (χ1v) is 5.92. The molecule has 0 aliphatic heterocycles. The molecule has 0 radical (unpaired) electrons. The second kappa shape index (κ2) is 5.61. The van der Waals surface area contributed by atoms with Crippen LogP contribution in [0, 0.1) is 17.5 Å². The van der Waals surface area contributed by atoms with Gasteiger partial charge in [-0.05, 0) is 18.2 Å². The molecule has 0 aliphatic carbocycles. The summed E-state index contributed by atoms with van der Waals surface area (Å²) in [4.78, 5) is 14.9. The number of nitrogens with two attached hydrogens (primary N) is 1. The van der Waals surface area contributed by atoms with E-state index in [2.05, 4.69) is 9.72 Å². The Morgan fingerprint density at radius 2 is 1.95 bits per heavy atom. The number of esters is 1. The highest BCUT2D eigenvalue weighted by Crippen LogP contribution is 2.31. The van der Waals surface area contributed by atoms with E-state index in [0.717, 1.165) is 19.2 Å². The lowest BCUT2D eigenvalue weighted by atomic mass is 10.1. The number of carbonyl (C=O) groups excluding carboxylic acids is 1. The van der Waals surface area contributed by atoms with E-state index in [4.69, 9.17) is 17.3 Å². The predicted octanol–water partition coefficient (Wildman–Crippen LogP) is 3.19. The molecule has 0 bridgehead atoms. The monoisotopic (exact) mass is 316 g/mol. The first-order valence-electron chi connectivity index (χ1n) is 5.55. The fourth-order valence-corrected chi connectivity index (χ4v) is 1.81. The Morgan fingerprint density at radius 1 is 1.29 bits per heavy atom. The number of carbonyl (C=O) groups is 1. The summed E-state index contributed by atoms with van der Waals surface area (Å²) in [5, 5.41) is 0.0833. The number of benzene rings is 1. The van der Waals surface area contributed by atoms with Crippen molar-refractivity contribution in [1.29, 1.82) is 0 Å². The van der Waals surface area contributed by atoms with Crippen LogP contribution in [0.15, 0.2) is 18.2 Å². The molecule has 0 fully saturated rings. The maximum Gasteiger partial charge on any atom is 0.359 e. The maximum atomic E-state index is 14.0. The van der Waals surface area contributed by atoms with Crippen LogP contribution in [0.3, 0.4) is 0 Å². The maximum absolute atomic E-state index is 14.0. The average molecular weight is 317 g/mol. The number of rotatable bonds is 2. The normalized spacial score (nSPS) is 10.5. The Kier molecular flexibility index (Phi) is 4.04. The van der Waals surface area contributed by atoms with Crippen LogP contribution in [-0.4, -0.2) is 18.1 Å². The van der Waals surface area contributed by atoms with Crippen molar-refractivity contribution in [3.05, 3.63) is 46.4 Å². The van der Waals surface area contributed by atoms with Crippen molar-refractivity contribution in [3.8, 4) is 11.3 Å². The molecule has 0 amide bonds. The molecule has 2 N–H and O–H groups in total. The molecule has 1 aromatic carbocycles. The lowest BCUT2D eigenvalue weighted by Gasteiger charge is -2.10. The molecule has 21 heavy (non-hydrogen) atoms. The van der Waals surface area contributed by atoms with Gasteiger partial charge < -0.3 is 10.5 Å². The molecule has 2 rings (SSSR count). The van der Waals surface area contributed by atoms with Gasteiger partial charge in [-0.1, -0.05) is 11.6 Å². The summed E-state index contributed by atoms with van der Waals surface area (Å²) in [6, 6.07) is 3.36. The third-order valence-electron chi connectivity index (χ3n) is 2.68. The number of ether oxygens (including phenoxy) is 1. The number of hydrogen-bond donors (Lipinski definition) is 1. The number of pyridine rings is 1. The lowest BCUT2D eigenvalue weighted by molar-refractivity contribution is 0.0588. The van der Waals surface area contributed by atoms with Crippen molar-refractivity contribution >= 4 is 23.3 Å².